The van der Waals surface area contributed by atoms with Crippen LogP contribution in [0.4, 0.5) is 0 Å². The second kappa shape index (κ2) is 12.8. The highest BCUT2D eigenvalue weighted by atomic mass is 16.5. The highest BCUT2D eigenvalue weighted by molar-refractivity contribution is 5.78. The van der Waals surface area contributed by atoms with Crippen LogP contribution in [-0.4, -0.2) is 73.7 Å². The number of rotatable bonds is 13. The third-order valence-electron chi connectivity index (χ3n) is 6.46. The van der Waals surface area contributed by atoms with Crippen LogP contribution in [0.2, 0.25) is 0 Å². The van der Waals surface area contributed by atoms with Crippen LogP contribution in [0.25, 0.3) is 0 Å². The maximum Gasteiger partial charge on any atom is 0.223 e. The van der Waals surface area contributed by atoms with E-state index < -0.39 is 0 Å². The van der Waals surface area contributed by atoms with Crippen molar-refractivity contribution < 1.29 is 9.53 Å². The molecule has 1 heterocycles. The number of unbranched alkanes of at least 4 members (excludes halogenated alkanes) is 1. The fourth-order valence-corrected chi connectivity index (χ4v) is 4.37. The van der Waals surface area contributed by atoms with Crippen molar-refractivity contribution in [2.75, 3.05) is 45.9 Å². The van der Waals surface area contributed by atoms with E-state index in [4.69, 9.17) is 4.74 Å². The average Bonchev–Trinajstić information content (AvgIpc) is 2.65. The number of nitrogens with zero attached hydrogens (tertiary/aromatic N) is 2. The Bertz CT molecular complexity index is 432. The molecular formula is C23H45N3O2. The summed E-state index contributed by atoms with van der Waals surface area (Å²) in [4.78, 5) is 17.3. The van der Waals surface area contributed by atoms with E-state index in [2.05, 4.69) is 35.9 Å². The molecule has 2 atom stereocenters. The van der Waals surface area contributed by atoms with E-state index in [1.807, 2.05) is 6.92 Å². The maximum absolute atomic E-state index is 12.1. The molecular weight excluding hydrogens is 350 g/mol. The lowest BCUT2D eigenvalue weighted by atomic mass is 9.88. The molecule has 5 heteroatoms. The van der Waals surface area contributed by atoms with Gasteiger partial charge in [0.2, 0.25) is 5.91 Å². The first-order valence-corrected chi connectivity index (χ1v) is 11.9. The van der Waals surface area contributed by atoms with Gasteiger partial charge >= 0.3 is 0 Å². The van der Waals surface area contributed by atoms with Gasteiger partial charge in [-0.15, -0.1) is 0 Å². The van der Waals surface area contributed by atoms with Crippen molar-refractivity contribution in [3.8, 4) is 0 Å². The summed E-state index contributed by atoms with van der Waals surface area (Å²) < 4.78 is 6.03. The summed E-state index contributed by atoms with van der Waals surface area (Å²) >= 11 is 0. The Hall–Kier alpha value is -0.650. The summed E-state index contributed by atoms with van der Waals surface area (Å²) in [6.07, 6.45) is 8.23. The van der Waals surface area contributed by atoms with Gasteiger partial charge in [-0.25, -0.2) is 0 Å². The number of hydrogen-bond acceptors (Lipinski definition) is 4. The molecule has 0 aromatic heterocycles. The lowest BCUT2D eigenvalue weighted by molar-refractivity contribution is -0.127. The molecule has 0 aromatic rings. The first-order valence-electron chi connectivity index (χ1n) is 11.9. The zero-order chi connectivity index (χ0) is 20.4. The van der Waals surface area contributed by atoms with Crippen molar-refractivity contribution in [2.24, 2.45) is 11.8 Å². The largest absolute Gasteiger partial charge is 0.377 e. The minimum absolute atomic E-state index is 0.142. The summed E-state index contributed by atoms with van der Waals surface area (Å²) in [6.45, 7) is 16.7. The lowest BCUT2D eigenvalue weighted by Gasteiger charge is -2.38. The number of ether oxygens (including phenoxy) is 1. The topological polar surface area (TPSA) is 44.8 Å². The van der Waals surface area contributed by atoms with Crippen molar-refractivity contribution in [1.29, 1.82) is 0 Å². The van der Waals surface area contributed by atoms with Gasteiger partial charge in [-0.2, -0.15) is 0 Å². The van der Waals surface area contributed by atoms with E-state index in [1.54, 1.807) is 0 Å². The molecule has 2 rings (SSSR count). The Morgan fingerprint density at radius 3 is 2.36 bits per heavy atom. The Morgan fingerprint density at radius 1 is 1.04 bits per heavy atom. The quantitative estimate of drug-likeness (QED) is 0.518. The van der Waals surface area contributed by atoms with Gasteiger partial charge in [-0.1, -0.05) is 47.0 Å². The van der Waals surface area contributed by atoms with E-state index >= 15 is 0 Å². The smallest absolute Gasteiger partial charge is 0.223 e. The summed E-state index contributed by atoms with van der Waals surface area (Å²) in [6, 6.07) is 0.329. The molecule has 1 N–H and O–H groups in total. The second-order valence-electron chi connectivity index (χ2n) is 9.25. The van der Waals surface area contributed by atoms with Gasteiger partial charge in [0.05, 0.1) is 12.7 Å². The van der Waals surface area contributed by atoms with Crippen LogP contribution in [0.15, 0.2) is 0 Å². The van der Waals surface area contributed by atoms with Crippen molar-refractivity contribution >= 4 is 5.91 Å². The van der Waals surface area contributed by atoms with Crippen LogP contribution < -0.4 is 5.32 Å². The minimum atomic E-state index is 0.142. The monoisotopic (exact) mass is 395 g/mol. The molecule has 0 radical (unpaired) electrons. The molecule has 1 saturated heterocycles. The van der Waals surface area contributed by atoms with E-state index in [-0.39, 0.29) is 11.8 Å². The molecule has 28 heavy (non-hydrogen) atoms. The predicted molar refractivity (Wildman–Crippen MR) is 117 cm³/mol. The number of carbonyl (C=O) groups excluding carboxylic acids is 1. The summed E-state index contributed by atoms with van der Waals surface area (Å²) in [7, 11) is 0. The van der Waals surface area contributed by atoms with Gasteiger partial charge in [0, 0.05) is 51.2 Å². The Morgan fingerprint density at radius 2 is 1.71 bits per heavy atom. The van der Waals surface area contributed by atoms with Gasteiger partial charge in [0.15, 0.2) is 0 Å². The number of carbonyl (C=O) groups is 1. The summed E-state index contributed by atoms with van der Waals surface area (Å²) in [5.41, 5.74) is 0. The summed E-state index contributed by atoms with van der Waals surface area (Å²) in [5.74, 6) is 1.19. The Balaban J connectivity index is 1.48. The molecule has 164 valence electrons. The van der Waals surface area contributed by atoms with Crippen LogP contribution in [0.3, 0.4) is 0 Å². The number of amides is 1. The standard InChI is InChI=1S/C23H45N3O2/c1-5-7-9-20(4)23(27)24-21-16-22(17-21)28-15-14-25-10-12-26(13-11-25)18-19(3)8-6-2/h19-22H,5-18H2,1-4H3,(H,24,27)/t19?,20?,21-,22-. The van der Waals surface area contributed by atoms with Gasteiger partial charge in [-0.3, -0.25) is 9.69 Å². The molecule has 0 bridgehead atoms. The summed E-state index contributed by atoms with van der Waals surface area (Å²) in [5, 5.41) is 3.19. The minimum Gasteiger partial charge on any atom is -0.377 e. The fourth-order valence-electron chi connectivity index (χ4n) is 4.37. The lowest BCUT2D eigenvalue weighted by Crippen LogP contribution is -2.50. The molecule has 1 amide bonds. The van der Waals surface area contributed by atoms with E-state index in [0.29, 0.717) is 12.1 Å². The Labute approximate surface area is 173 Å². The van der Waals surface area contributed by atoms with Gasteiger partial charge in [0.25, 0.3) is 0 Å². The average molecular weight is 396 g/mol. The van der Waals surface area contributed by atoms with Crippen LogP contribution in [0.1, 0.15) is 72.6 Å². The van der Waals surface area contributed by atoms with Crippen molar-refractivity contribution in [2.45, 2.75) is 84.8 Å². The SMILES string of the molecule is CCCCC(C)C(=O)N[C@H]1C[C@H](OCCN2CCN(CC(C)CCC)CC2)C1. The molecule has 0 aromatic carbocycles. The van der Waals surface area contributed by atoms with E-state index in [0.717, 1.165) is 51.2 Å². The van der Waals surface area contributed by atoms with Crippen LogP contribution >= 0.6 is 0 Å². The highest BCUT2D eigenvalue weighted by Crippen LogP contribution is 2.24. The van der Waals surface area contributed by atoms with Gasteiger partial charge in [-0.05, 0) is 31.6 Å². The molecule has 0 spiro atoms. The van der Waals surface area contributed by atoms with Gasteiger partial charge in [0.1, 0.15) is 0 Å². The first-order chi connectivity index (χ1) is 13.5. The van der Waals surface area contributed by atoms with Gasteiger partial charge < -0.3 is 15.0 Å². The Kier molecular flexibility index (Phi) is 10.8. The molecule has 1 aliphatic heterocycles. The zero-order valence-electron chi connectivity index (χ0n) is 18.9. The van der Waals surface area contributed by atoms with Crippen molar-refractivity contribution in [3.63, 3.8) is 0 Å². The van der Waals surface area contributed by atoms with Crippen LogP contribution in [0.5, 0.6) is 0 Å². The fraction of sp³-hybridized carbons (Fsp3) is 0.957. The van der Waals surface area contributed by atoms with Crippen molar-refractivity contribution in [1.82, 2.24) is 15.1 Å². The maximum atomic E-state index is 12.1. The van der Waals surface area contributed by atoms with E-state index in [1.165, 1.54) is 45.6 Å². The third kappa shape index (κ3) is 8.38. The normalized spacial score (nSPS) is 25.9. The molecule has 2 fully saturated rings. The van der Waals surface area contributed by atoms with Crippen molar-refractivity contribution in [3.05, 3.63) is 0 Å². The van der Waals surface area contributed by atoms with Crippen LogP contribution in [-0.2, 0) is 9.53 Å². The van der Waals surface area contributed by atoms with Crippen LogP contribution in [0, 0.1) is 11.8 Å². The highest BCUT2D eigenvalue weighted by Gasteiger charge is 2.32. The third-order valence-corrected chi connectivity index (χ3v) is 6.46. The first kappa shape index (κ1) is 23.6. The molecule has 1 aliphatic carbocycles. The predicted octanol–water partition coefficient (Wildman–Crippen LogP) is 3.53. The molecule has 1 saturated carbocycles. The molecule has 2 aliphatic rings. The number of piperazine rings is 1. The zero-order valence-corrected chi connectivity index (χ0v) is 18.9. The van der Waals surface area contributed by atoms with E-state index in [9.17, 15) is 4.79 Å². The molecule has 5 nitrogen and oxygen atoms in total. The second-order valence-corrected chi connectivity index (χ2v) is 9.25. The molecule has 2 unspecified atom stereocenters. The number of nitrogens with one attached hydrogen (secondary N) is 1. The number of hydrogen-bond donors (Lipinski definition) is 1.